The van der Waals surface area contributed by atoms with Gasteiger partial charge in [0.2, 0.25) is 0 Å². The highest BCUT2D eigenvalue weighted by Gasteiger charge is 2.33. The Balaban J connectivity index is 2.18. The Labute approximate surface area is 127 Å². The van der Waals surface area contributed by atoms with Gasteiger partial charge >= 0.3 is 0 Å². The van der Waals surface area contributed by atoms with Crippen molar-refractivity contribution in [3.05, 3.63) is 34.1 Å². The second-order valence-corrected chi connectivity index (χ2v) is 8.67. The molecule has 3 unspecified atom stereocenters. The first-order valence-electron chi connectivity index (χ1n) is 6.61. The van der Waals surface area contributed by atoms with E-state index in [1.54, 1.807) is 6.07 Å². The van der Waals surface area contributed by atoms with Crippen LogP contribution in [-0.2, 0) is 9.84 Å². The largest absolute Gasteiger partial charge is 0.388 e. The summed E-state index contributed by atoms with van der Waals surface area (Å²) in [5, 5.41) is 10.1. The molecule has 0 aromatic heterocycles. The average molecular weight is 365 g/mol. The van der Waals surface area contributed by atoms with Crippen LogP contribution < -0.4 is 0 Å². The van der Waals surface area contributed by atoms with Crippen LogP contribution in [0.25, 0.3) is 0 Å². The van der Waals surface area contributed by atoms with Crippen LogP contribution in [0.4, 0.5) is 4.39 Å². The maximum atomic E-state index is 13.1. The summed E-state index contributed by atoms with van der Waals surface area (Å²) in [6.45, 7) is 0. The molecule has 2 rings (SSSR count). The number of benzene rings is 1. The third-order valence-electron chi connectivity index (χ3n) is 4.00. The number of sulfone groups is 1. The van der Waals surface area contributed by atoms with E-state index in [-0.39, 0.29) is 17.0 Å². The molecule has 0 spiro atoms. The Kier molecular flexibility index (Phi) is 4.87. The minimum atomic E-state index is -3.07. The van der Waals surface area contributed by atoms with Crippen LogP contribution in [0.2, 0.25) is 0 Å². The van der Waals surface area contributed by atoms with Gasteiger partial charge in [-0.15, -0.1) is 0 Å². The molecule has 20 heavy (non-hydrogen) atoms. The highest BCUT2D eigenvalue weighted by atomic mass is 79.9. The van der Waals surface area contributed by atoms with Crippen LogP contribution in [0.1, 0.15) is 37.4 Å². The summed E-state index contributed by atoms with van der Waals surface area (Å²) in [7, 11) is -3.07. The van der Waals surface area contributed by atoms with E-state index >= 15 is 0 Å². The summed E-state index contributed by atoms with van der Waals surface area (Å²) in [6, 6.07) is 4.17. The number of aliphatic hydroxyl groups is 1. The number of halogens is 2. The summed E-state index contributed by atoms with van der Waals surface area (Å²) in [5.74, 6) is -0.476. The fourth-order valence-electron chi connectivity index (χ4n) is 2.85. The van der Waals surface area contributed by atoms with Crippen molar-refractivity contribution in [1.82, 2.24) is 0 Å². The molecule has 3 nitrogen and oxygen atoms in total. The molecule has 1 saturated carbocycles. The Hall–Kier alpha value is -0.460. The van der Waals surface area contributed by atoms with Crippen LogP contribution in [0.5, 0.6) is 0 Å². The van der Waals surface area contributed by atoms with Gasteiger partial charge in [-0.1, -0.05) is 28.4 Å². The van der Waals surface area contributed by atoms with Crippen molar-refractivity contribution in [3.63, 3.8) is 0 Å². The maximum absolute atomic E-state index is 13.1. The average Bonchev–Trinajstić information content (AvgIpc) is 2.37. The molecule has 1 aliphatic rings. The van der Waals surface area contributed by atoms with Crippen molar-refractivity contribution in [1.29, 1.82) is 0 Å². The van der Waals surface area contributed by atoms with Crippen LogP contribution >= 0.6 is 15.9 Å². The highest BCUT2D eigenvalue weighted by molar-refractivity contribution is 9.10. The number of rotatable bonds is 3. The molecule has 0 saturated heterocycles. The summed E-state index contributed by atoms with van der Waals surface area (Å²) < 4.78 is 36.9. The van der Waals surface area contributed by atoms with E-state index in [1.807, 2.05) is 0 Å². The zero-order valence-corrected chi connectivity index (χ0v) is 13.6. The quantitative estimate of drug-likeness (QED) is 0.895. The van der Waals surface area contributed by atoms with E-state index in [0.717, 1.165) is 12.8 Å². The molecular formula is C14H18BrFO3S. The van der Waals surface area contributed by atoms with Crippen molar-refractivity contribution >= 4 is 25.8 Å². The lowest BCUT2D eigenvalue weighted by Gasteiger charge is -2.31. The smallest absolute Gasteiger partial charge is 0.150 e. The third-order valence-corrected chi connectivity index (χ3v) is 6.33. The number of hydrogen-bond donors (Lipinski definition) is 1. The second-order valence-electron chi connectivity index (χ2n) is 5.49. The monoisotopic (exact) mass is 364 g/mol. The van der Waals surface area contributed by atoms with E-state index in [4.69, 9.17) is 0 Å². The molecule has 1 aromatic carbocycles. The molecular weight excluding hydrogens is 347 g/mol. The summed E-state index contributed by atoms with van der Waals surface area (Å²) in [6.07, 6.45) is 3.18. The fourth-order valence-corrected chi connectivity index (χ4v) is 4.63. The molecule has 0 amide bonds. The molecule has 1 aromatic rings. The van der Waals surface area contributed by atoms with E-state index < -0.39 is 15.9 Å². The van der Waals surface area contributed by atoms with Crippen molar-refractivity contribution in [3.8, 4) is 0 Å². The Bertz CT molecular complexity index is 588. The van der Waals surface area contributed by atoms with Gasteiger partial charge in [0, 0.05) is 10.7 Å². The number of hydrogen-bond acceptors (Lipinski definition) is 3. The number of aliphatic hydroxyl groups excluding tert-OH is 1. The minimum Gasteiger partial charge on any atom is -0.388 e. The fraction of sp³-hybridized carbons (Fsp3) is 0.571. The Morgan fingerprint density at radius 2 is 2.10 bits per heavy atom. The molecule has 0 aliphatic heterocycles. The van der Waals surface area contributed by atoms with Gasteiger partial charge in [-0.05, 0) is 42.9 Å². The lowest BCUT2D eigenvalue weighted by atomic mass is 9.82. The van der Waals surface area contributed by atoms with Crippen LogP contribution in [0.15, 0.2) is 22.7 Å². The molecule has 1 fully saturated rings. The van der Waals surface area contributed by atoms with Crippen LogP contribution in [0.3, 0.4) is 0 Å². The van der Waals surface area contributed by atoms with E-state index in [0.29, 0.717) is 22.9 Å². The minimum absolute atomic E-state index is 0.106. The first-order chi connectivity index (χ1) is 9.29. The van der Waals surface area contributed by atoms with Crippen molar-refractivity contribution in [2.45, 2.75) is 37.0 Å². The van der Waals surface area contributed by atoms with Crippen molar-refractivity contribution < 1.29 is 17.9 Å². The molecule has 6 heteroatoms. The zero-order chi connectivity index (χ0) is 14.9. The van der Waals surface area contributed by atoms with Gasteiger partial charge in [-0.3, -0.25) is 0 Å². The first-order valence-corrected chi connectivity index (χ1v) is 9.35. The van der Waals surface area contributed by atoms with Gasteiger partial charge in [-0.2, -0.15) is 0 Å². The second kappa shape index (κ2) is 6.12. The summed E-state index contributed by atoms with van der Waals surface area (Å²) in [4.78, 5) is 0. The first kappa shape index (κ1) is 15.9. The summed E-state index contributed by atoms with van der Waals surface area (Å²) >= 11 is 3.25. The lowest BCUT2D eigenvalue weighted by molar-refractivity contribution is 0.0850. The van der Waals surface area contributed by atoms with E-state index in [9.17, 15) is 17.9 Å². The molecule has 1 N–H and O–H groups in total. The van der Waals surface area contributed by atoms with Crippen LogP contribution in [-0.4, -0.2) is 25.0 Å². The predicted molar refractivity (Wildman–Crippen MR) is 79.6 cm³/mol. The zero-order valence-electron chi connectivity index (χ0n) is 11.2. The third kappa shape index (κ3) is 3.59. The standard InChI is InChI=1S/C14H18BrFO3S/c1-20(18,19)11-4-2-3-9(7-11)14(17)12-6-5-10(16)8-13(12)15/h5-6,8-9,11,14,17H,2-4,7H2,1H3. The molecule has 3 atom stereocenters. The molecule has 112 valence electrons. The molecule has 0 heterocycles. The van der Waals surface area contributed by atoms with E-state index in [1.165, 1.54) is 18.4 Å². The molecule has 1 aliphatic carbocycles. The van der Waals surface area contributed by atoms with Crippen LogP contribution in [0, 0.1) is 11.7 Å². The van der Waals surface area contributed by atoms with Gasteiger partial charge in [0.1, 0.15) is 15.7 Å². The maximum Gasteiger partial charge on any atom is 0.150 e. The predicted octanol–water partition coefficient (Wildman–Crippen LogP) is 3.23. The van der Waals surface area contributed by atoms with Gasteiger partial charge in [0.15, 0.2) is 0 Å². The van der Waals surface area contributed by atoms with Crippen molar-refractivity contribution in [2.24, 2.45) is 5.92 Å². The highest BCUT2D eigenvalue weighted by Crippen LogP contribution is 2.38. The van der Waals surface area contributed by atoms with Gasteiger partial charge < -0.3 is 5.11 Å². The topological polar surface area (TPSA) is 54.4 Å². The van der Waals surface area contributed by atoms with Gasteiger partial charge in [0.25, 0.3) is 0 Å². The van der Waals surface area contributed by atoms with Crippen molar-refractivity contribution in [2.75, 3.05) is 6.26 Å². The van der Waals surface area contributed by atoms with Gasteiger partial charge in [0.05, 0.1) is 11.4 Å². The summed E-state index contributed by atoms with van der Waals surface area (Å²) in [5.41, 5.74) is 0.616. The lowest BCUT2D eigenvalue weighted by Crippen LogP contribution is -2.30. The normalized spacial score (nSPS) is 25.4. The Morgan fingerprint density at radius 1 is 1.40 bits per heavy atom. The Morgan fingerprint density at radius 3 is 2.70 bits per heavy atom. The SMILES string of the molecule is CS(=O)(=O)C1CCCC(C(O)c2ccc(F)cc2Br)C1. The van der Waals surface area contributed by atoms with Gasteiger partial charge in [-0.25, -0.2) is 12.8 Å². The molecule has 0 bridgehead atoms. The van der Waals surface area contributed by atoms with E-state index in [2.05, 4.69) is 15.9 Å². The molecule has 0 radical (unpaired) electrons.